The Morgan fingerprint density at radius 2 is 1.79 bits per heavy atom. The molecule has 3 rings (SSSR count). The van der Waals surface area contributed by atoms with Crippen LogP contribution in [0, 0.1) is 12.8 Å². The van der Waals surface area contributed by atoms with Crippen LogP contribution in [0.3, 0.4) is 0 Å². The number of hydrogen-bond donors (Lipinski definition) is 2. The van der Waals surface area contributed by atoms with Crippen LogP contribution >= 0.6 is 0 Å². The fourth-order valence-corrected chi connectivity index (χ4v) is 3.19. The number of aliphatic hydroxyl groups excluding tert-OH is 1. The van der Waals surface area contributed by atoms with E-state index < -0.39 is 0 Å². The van der Waals surface area contributed by atoms with Crippen LogP contribution in [0.4, 0.5) is 0 Å². The highest BCUT2D eigenvalue weighted by molar-refractivity contribution is 5.78. The Labute approximate surface area is 144 Å². The largest absolute Gasteiger partial charge is 0.392 e. The molecule has 5 heteroatoms. The number of hydrogen-bond acceptors (Lipinski definition) is 4. The van der Waals surface area contributed by atoms with Crippen molar-refractivity contribution in [3.8, 4) is 0 Å². The number of nitrogens with one attached hydrogen (secondary N) is 1. The van der Waals surface area contributed by atoms with Crippen molar-refractivity contribution in [2.24, 2.45) is 5.92 Å². The summed E-state index contributed by atoms with van der Waals surface area (Å²) in [6, 6.07) is 8.24. The molecular formula is C19H29N3O2. The van der Waals surface area contributed by atoms with Gasteiger partial charge in [0.25, 0.3) is 0 Å². The Balaban J connectivity index is 1.33. The fourth-order valence-electron chi connectivity index (χ4n) is 3.19. The van der Waals surface area contributed by atoms with Crippen LogP contribution in [-0.4, -0.2) is 66.2 Å². The zero-order valence-corrected chi connectivity index (χ0v) is 14.6. The van der Waals surface area contributed by atoms with Crippen LogP contribution in [0.1, 0.15) is 24.0 Å². The molecule has 24 heavy (non-hydrogen) atoms. The summed E-state index contributed by atoms with van der Waals surface area (Å²) in [4.78, 5) is 16.6. The van der Waals surface area contributed by atoms with Crippen LogP contribution in [0.15, 0.2) is 24.3 Å². The van der Waals surface area contributed by atoms with E-state index in [1.165, 1.54) is 18.4 Å². The summed E-state index contributed by atoms with van der Waals surface area (Å²) in [5.74, 6) is 0.623. The summed E-state index contributed by atoms with van der Waals surface area (Å²) in [6.07, 6.45) is 2.21. The lowest BCUT2D eigenvalue weighted by atomic mass is 10.1. The number of carbonyl (C=O) groups is 1. The molecule has 1 aromatic carbocycles. The lowest BCUT2D eigenvalue weighted by molar-refractivity contribution is -0.122. The van der Waals surface area contributed by atoms with Crippen molar-refractivity contribution in [2.75, 3.05) is 39.3 Å². The highest BCUT2D eigenvalue weighted by atomic mass is 16.3. The maximum Gasteiger partial charge on any atom is 0.234 e. The Kier molecular flexibility index (Phi) is 5.87. The first-order valence-corrected chi connectivity index (χ1v) is 9.05. The minimum absolute atomic E-state index is 0.0852. The van der Waals surface area contributed by atoms with Crippen LogP contribution in [-0.2, 0) is 11.3 Å². The van der Waals surface area contributed by atoms with Gasteiger partial charge in [0, 0.05) is 39.3 Å². The quantitative estimate of drug-likeness (QED) is 0.783. The van der Waals surface area contributed by atoms with E-state index in [4.69, 9.17) is 0 Å². The molecule has 0 bridgehead atoms. The van der Waals surface area contributed by atoms with Gasteiger partial charge in [-0.3, -0.25) is 14.6 Å². The Bertz CT molecular complexity index is 534. The first-order chi connectivity index (χ1) is 11.6. The molecule has 1 amide bonds. The predicted octanol–water partition coefficient (Wildman–Crippen LogP) is 1.000. The highest BCUT2D eigenvalue weighted by Crippen LogP contribution is 2.32. The van der Waals surface area contributed by atoms with Crippen molar-refractivity contribution in [1.82, 2.24) is 15.1 Å². The number of benzene rings is 1. The molecule has 0 radical (unpaired) electrons. The molecule has 1 aliphatic carbocycles. The highest BCUT2D eigenvalue weighted by Gasteiger charge is 2.31. The molecule has 1 saturated heterocycles. The number of aliphatic hydroxyl groups is 1. The molecule has 0 aromatic heterocycles. The van der Waals surface area contributed by atoms with Gasteiger partial charge >= 0.3 is 0 Å². The number of β-amino-alcohol motifs (C(OH)–C–C–N with tert-alkyl or cyclic N) is 1. The summed E-state index contributed by atoms with van der Waals surface area (Å²) in [5, 5.41) is 13.0. The summed E-state index contributed by atoms with van der Waals surface area (Å²) in [7, 11) is 0. The van der Waals surface area contributed by atoms with Crippen LogP contribution in [0.5, 0.6) is 0 Å². The summed E-state index contributed by atoms with van der Waals surface area (Å²) in [6.45, 7) is 7.58. The topological polar surface area (TPSA) is 55.8 Å². The van der Waals surface area contributed by atoms with E-state index in [-0.39, 0.29) is 12.0 Å². The van der Waals surface area contributed by atoms with Gasteiger partial charge in [0.05, 0.1) is 12.6 Å². The smallest absolute Gasteiger partial charge is 0.234 e. The second kappa shape index (κ2) is 8.10. The second-order valence-corrected chi connectivity index (χ2v) is 7.24. The third-order valence-corrected chi connectivity index (χ3v) is 5.05. The molecule has 132 valence electrons. The summed E-state index contributed by atoms with van der Waals surface area (Å²) >= 11 is 0. The van der Waals surface area contributed by atoms with Gasteiger partial charge in [0.15, 0.2) is 0 Å². The predicted molar refractivity (Wildman–Crippen MR) is 94.6 cm³/mol. The van der Waals surface area contributed by atoms with Crippen molar-refractivity contribution in [1.29, 1.82) is 0 Å². The van der Waals surface area contributed by atoms with Gasteiger partial charge in [-0.25, -0.2) is 0 Å². The molecule has 1 heterocycles. The summed E-state index contributed by atoms with van der Waals surface area (Å²) in [5.41, 5.74) is 2.36. The third-order valence-electron chi connectivity index (χ3n) is 5.05. The molecule has 1 aromatic rings. The molecule has 1 aliphatic heterocycles. The van der Waals surface area contributed by atoms with E-state index in [1.54, 1.807) is 0 Å². The van der Waals surface area contributed by atoms with Crippen LogP contribution < -0.4 is 5.32 Å². The summed E-state index contributed by atoms with van der Waals surface area (Å²) < 4.78 is 0. The van der Waals surface area contributed by atoms with Crippen molar-refractivity contribution >= 4 is 5.91 Å². The van der Waals surface area contributed by atoms with Gasteiger partial charge in [-0.1, -0.05) is 29.8 Å². The van der Waals surface area contributed by atoms with Gasteiger partial charge in [0.2, 0.25) is 5.91 Å². The second-order valence-electron chi connectivity index (χ2n) is 7.24. The maximum absolute atomic E-state index is 12.1. The zero-order chi connectivity index (χ0) is 16.9. The number of carbonyl (C=O) groups excluding carboxylic acids is 1. The maximum atomic E-state index is 12.1. The zero-order valence-electron chi connectivity index (χ0n) is 14.6. The first-order valence-electron chi connectivity index (χ1n) is 9.05. The average Bonchev–Trinajstić information content (AvgIpc) is 3.41. The van der Waals surface area contributed by atoms with Crippen molar-refractivity contribution in [2.45, 2.75) is 32.4 Å². The van der Waals surface area contributed by atoms with Gasteiger partial charge in [-0.05, 0) is 31.2 Å². The van der Waals surface area contributed by atoms with Crippen LogP contribution in [0.2, 0.25) is 0 Å². The Morgan fingerprint density at radius 3 is 2.42 bits per heavy atom. The molecule has 5 nitrogen and oxygen atoms in total. The van der Waals surface area contributed by atoms with Gasteiger partial charge < -0.3 is 10.4 Å². The number of nitrogens with zero attached hydrogens (tertiary/aromatic N) is 2. The van der Waals surface area contributed by atoms with E-state index in [1.807, 2.05) is 0 Å². The lowest BCUT2D eigenvalue weighted by Gasteiger charge is -2.35. The Morgan fingerprint density at radius 1 is 1.17 bits per heavy atom. The van der Waals surface area contributed by atoms with Gasteiger partial charge in [0.1, 0.15) is 0 Å². The van der Waals surface area contributed by atoms with E-state index in [9.17, 15) is 9.90 Å². The van der Waals surface area contributed by atoms with Crippen molar-refractivity contribution < 1.29 is 9.90 Å². The minimum Gasteiger partial charge on any atom is -0.392 e. The number of rotatable bonds is 7. The third kappa shape index (κ3) is 5.30. The molecular weight excluding hydrogens is 302 g/mol. The van der Waals surface area contributed by atoms with Gasteiger partial charge in [-0.2, -0.15) is 0 Å². The van der Waals surface area contributed by atoms with E-state index in [2.05, 4.69) is 46.3 Å². The molecule has 2 aliphatic rings. The average molecular weight is 331 g/mol. The van der Waals surface area contributed by atoms with E-state index >= 15 is 0 Å². The molecule has 1 saturated carbocycles. The number of aryl methyl sites for hydroxylation is 1. The van der Waals surface area contributed by atoms with Crippen molar-refractivity contribution in [3.63, 3.8) is 0 Å². The SMILES string of the molecule is Cc1ccc(CNC(=O)CN2CCN(C[C@@H](O)C3CC3)CC2)cc1. The lowest BCUT2D eigenvalue weighted by Crippen LogP contribution is -2.51. The normalized spacial score (nSPS) is 20.8. The van der Waals surface area contributed by atoms with Gasteiger partial charge in [-0.15, -0.1) is 0 Å². The number of amides is 1. The molecule has 1 atom stereocenters. The van der Waals surface area contributed by atoms with E-state index in [0.717, 1.165) is 38.3 Å². The fraction of sp³-hybridized carbons (Fsp3) is 0.632. The molecule has 2 N–H and O–H groups in total. The minimum atomic E-state index is -0.158. The monoisotopic (exact) mass is 331 g/mol. The molecule has 0 unspecified atom stereocenters. The number of piperazine rings is 1. The first kappa shape index (κ1) is 17.4. The molecule has 0 spiro atoms. The van der Waals surface area contributed by atoms with Crippen LogP contribution in [0.25, 0.3) is 0 Å². The Hall–Kier alpha value is -1.43. The van der Waals surface area contributed by atoms with E-state index in [0.29, 0.717) is 19.0 Å². The van der Waals surface area contributed by atoms with Crippen molar-refractivity contribution in [3.05, 3.63) is 35.4 Å². The standard InChI is InChI=1S/C19H29N3O2/c1-15-2-4-16(5-3-15)12-20-19(24)14-22-10-8-21(9-11-22)13-18(23)17-6-7-17/h2-5,17-18,23H,6-14H2,1H3,(H,20,24)/t18-/m1/s1. The molecule has 2 fully saturated rings.